The molecule has 3 aromatic rings. The van der Waals surface area contributed by atoms with E-state index in [-0.39, 0.29) is 17.7 Å². The molecule has 4 rings (SSSR count). The van der Waals surface area contributed by atoms with E-state index in [1.807, 2.05) is 43.3 Å². The quantitative estimate of drug-likeness (QED) is 0.652. The Bertz CT molecular complexity index is 1080. The monoisotopic (exact) mass is 404 g/mol. The first-order chi connectivity index (χ1) is 14.5. The van der Waals surface area contributed by atoms with Gasteiger partial charge in [-0.05, 0) is 50.6 Å². The van der Waals surface area contributed by atoms with E-state index >= 15 is 0 Å². The fourth-order valence-electron chi connectivity index (χ4n) is 4.04. The van der Waals surface area contributed by atoms with Gasteiger partial charge in [-0.25, -0.2) is 0 Å². The number of carbonyl (C=O) groups is 2. The lowest BCUT2D eigenvalue weighted by Gasteiger charge is -2.38. The Morgan fingerprint density at radius 3 is 2.57 bits per heavy atom. The number of hydrogen-bond donors (Lipinski definition) is 2. The number of fused-ring (bicyclic) bond motifs is 1. The molecule has 1 fully saturated rings. The molecule has 0 saturated carbocycles. The molecule has 0 radical (unpaired) electrons. The maximum Gasteiger partial charge on any atom is 0.256 e. The fraction of sp³-hybridized carbons (Fsp3) is 0.333. The van der Waals surface area contributed by atoms with Gasteiger partial charge in [0.15, 0.2) is 0 Å². The number of para-hydroxylation sites is 1. The number of aromatic amines is 1. The lowest BCUT2D eigenvalue weighted by atomic mass is 9.97. The first-order valence-electron chi connectivity index (χ1n) is 10.5. The van der Waals surface area contributed by atoms with Gasteiger partial charge in [-0.1, -0.05) is 18.2 Å². The number of hydrogen-bond acceptors (Lipinski definition) is 3. The summed E-state index contributed by atoms with van der Waals surface area (Å²) >= 11 is 0. The smallest absolute Gasteiger partial charge is 0.256 e. The average molecular weight is 405 g/mol. The summed E-state index contributed by atoms with van der Waals surface area (Å²) < 4.78 is 0. The molecule has 30 heavy (non-hydrogen) atoms. The molecule has 6 heteroatoms. The summed E-state index contributed by atoms with van der Waals surface area (Å²) in [6.45, 7) is 9.06. The summed E-state index contributed by atoms with van der Waals surface area (Å²) in [5.74, 6) is -0.242. The van der Waals surface area contributed by atoms with Gasteiger partial charge in [0.25, 0.3) is 5.91 Å². The zero-order chi connectivity index (χ0) is 21.3. The van der Waals surface area contributed by atoms with Gasteiger partial charge in [-0.15, -0.1) is 0 Å². The van der Waals surface area contributed by atoms with E-state index < -0.39 is 0 Å². The molecule has 1 saturated heterocycles. The molecular weight excluding hydrogens is 376 g/mol. The normalized spacial score (nSPS) is 13.9. The first-order valence-corrected chi connectivity index (χ1v) is 10.5. The molecule has 2 N–H and O–H groups in total. The number of amides is 2. The van der Waals surface area contributed by atoms with Crippen molar-refractivity contribution >= 4 is 34.1 Å². The van der Waals surface area contributed by atoms with E-state index in [4.69, 9.17) is 0 Å². The standard InChI is InChI=1S/C24H28N4O2/c1-4-27(5-2)18-10-11-21(16(3)12-18)26-23(29)17-14-28(15-17)24(30)20-13-25-22-9-7-6-8-19(20)22/h6-13,17,25H,4-5,14-15H2,1-3H3,(H,26,29). The topological polar surface area (TPSA) is 68.4 Å². The molecule has 1 aliphatic heterocycles. The van der Waals surface area contributed by atoms with Crippen molar-refractivity contribution in [1.82, 2.24) is 9.88 Å². The van der Waals surface area contributed by atoms with Crippen LogP contribution in [-0.4, -0.2) is 47.9 Å². The van der Waals surface area contributed by atoms with Crippen molar-refractivity contribution in [2.75, 3.05) is 36.4 Å². The summed E-state index contributed by atoms with van der Waals surface area (Å²) in [5.41, 5.74) is 4.64. The molecule has 0 spiro atoms. The number of anilines is 2. The third kappa shape index (κ3) is 3.65. The van der Waals surface area contributed by atoms with Gasteiger partial charge in [0.2, 0.25) is 5.91 Å². The molecule has 0 aliphatic carbocycles. The Balaban J connectivity index is 1.37. The summed E-state index contributed by atoms with van der Waals surface area (Å²) in [7, 11) is 0. The molecule has 2 amide bonds. The number of likely N-dealkylation sites (tertiary alicyclic amines) is 1. The van der Waals surface area contributed by atoms with Crippen LogP contribution in [0.4, 0.5) is 11.4 Å². The molecule has 0 unspecified atom stereocenters. The van der Waals surface area contributed by atoms with Crippen LogP contribution in [0.15, 0.2) is 48.7 Å². The highest BCUT2D eigenvalue weighted by molar-refractivity contribution is 6.07. The van der Waals surface area contributed by atoms with Gasteiger partial charge in [-0.3, -0.25) is 9.59 Å². The number of benzene rings is 2. The van der Waals surface area contributed by atoms with E-state index in [1.165, 1.54) is 0 Å². The Kier molecular flexibility index (Phi) is 5.48. The van der Waals surface area contributed by atoms with Gasteiger partial charge < -0.3 is 20.1 Å². The minimum Gasteiger partial charge on any atom is -0.372 e. The minimum absolute atomic E-state index is 0.0309. The van der Waals surface area contributed by atoms with Crippen molar-refractivity contribution in [2.45, 2.75) is 20.8 Å². The second-order valence-corrected chi connectivity index (χ2v) is 7.82. The molecule has 2 heterocycles. The predicted octanol–water partition coefficient (Wildman–Crippen LogP) is 4.03. The fourth-order valence-corrected chi connectivity index (χ4v) is 4.04. The predicted molar refractivity (Wildman–Crippen MR) is 121 cm³/mol. The van der Waals surface area contributed by atoms with Crippen LogP contribution in [-0.2, 0) is 4.79 Å². The number of rotatable bonds is 6. The summed E-state index contributed by atoms with van der Waals surface area (Å²) in [5, 5.41) is 3.95. The SMILES string of the molecule is CCN(CC)c1ccc(NC(=O)C2CN(C(=O)c3c[nH]c4ccccc34)C2)c(C)c1. The largest absolute Gasteiger partial charge is 0.372 e. The van der Waals surface area contributed by atoms with Crippen molar-refractivity contribution in [1.29, 1.82) is 0 Å². The maximum absolute atomic E-state index is 12.8. The van der Waals surface area contributed by atoms with Crippen LogP contribution in [0.3, 0.4) is 0 Å². The van der Waals surface area contributed by atoms with Crippen molar-refractivity contribution in [3.8, 4) is 0 Å². The summed E-state index contributed by atoms with van der Waals surface area (Å²) in [6.07, 6.45) is 1.75. The lowest BCUT2D eigenvalue weighted by molar-refractivity contribution is -0.123. The molecular formula is C24H28N4O2. The van der Waals surface area contributed by atoms with Crippen LogP contribution >= 0.6 is 0 Å². The van der Waals surface area contributed by atoms with E-state index in [9.17, 15) is 9.59 Å². The number of H-pyrrole nitrogens is 1. The van der Waals surface area contributed by atoms with Crippen molar-refractivity contribution in [3.63, 3.8) is 0 Å². The molecule has 1 aromatic heterocycles. The highest BCUT2D eigenvalue weighted by atomic mass is 16.2. The third-order valence-corrected chi connectivity index (χ3v) is 5.96. The average Bonchev–Trinajstić information content (AvgIpc) is 3.14. The Hall–Kier alpha value is -3.28. The zero-order valence-corrected chi connectivity index (χ0v) is 17.7. The van der Waals surface area contributed by atoms with Crippen molar-refractivity contribution < 1.29 is 9.59 Å². The lowest BCUT2D eigenvalue weighted by Crippen LogP contribution is -2.54. The maximum atomic E-state index is 12.8. The Morgan fingerprint density at radius 2 is 1.87 bits per heavy atom. The molecule has 156 valence electrons. The second kappa shape index (κ2) is 8.22. The van der Waals surface area contributed by atoms with Crippen LogP contribution in [0, 0.1) is 12.8 Å². The third-order valence-electron chi connectivity index (χ3n) is 5.96. The number of carbonyl (C=O) groups excluding carboxylic acids is 2. The van der Waals surface area contributed by atoms with Gasteiger partial charge in [0.1, 0.15) is 0 Å². The number of aryl methyl sites for hydroxylation is 1. The summed E-state index contributed by atoms with van der Waals surface area (Å²) in [6, 6.07) is 13.9. The number of nitrogens with one attached hydrogen (secondary N) is 2. The Labute approximate surface area is 176 Å². The van der Waals surface area contributed by atoms with Crippen LogP contribution in [0.25, 0.3) is 10.9 Å². The van der Waals surface area contributed by atoms with E-state index in [2.05, 4.69) is 35.1 Å². The van der Waals surface area contributed by atoms with Gasteiger partial charge in [-0.2, -0.15) is 0 Å². The van der Waals surface area contributed by atoms with Crippen LogP contribution in [0.1, 0.15) is 29.8 Å². The van der Waals surface area contributed by atoms with Crippen molar-refractivity contribution in [2.24, 2.45) is 5.92 Å². The molecule has 6 nitrogen and oxygen atoms in total. The minimum atomic E-state index is -0.180. The van der Waals surface area contributed by atoms with Gasteiger partial charge in [0.05, 0.1) is 11.5 Å². The zero-order valence-electron chi connectivity index (χ0n) is 17.7. The summed E-state index contributed by atoms with van der Waals surface area (Å²) in [4.78, 5) is 32.6. The van der Waals surface area contributed by atoms with Gasteiger partial charge in [0, 0.05) is 54.7 Å². The van der Waals surface area contributed by atoms with Crippen LogP contribution in [0.5, 0.6) is 0 Å². The van der Waals surface area contributed by atoms with Crippen LogP contribution < -0.4 is 10.2 Å². The number of nitrogens with zero attached hydrogens (tertiary/aromatic N) is 2. The molecule has 0 bridgehead atoms. The van der Waals surface area contributed by atoms with E-state index in [1.54, 1.807) is 11.1 Å². The van der Waals surface area contributed by atoms with Gasteiger partial charge >= 0.3 is 0 Å². The second-order valence-electron chi connectivity index (χ2n) is 7.82. The van der Waals surface area contributed by atoms with Crippen LogP contribution in [0.2, 0.25) is 0 Å². The van der Waals surface area contributed by atoms with E-state index in [0.717, 1.165) is 40.9 Å². The van der Waals surface area contributed by atoms with E-state index in [0.29, 0.717) is 18.7 Å². The molecule has 2 aromatic carbocycles. The highest BCUT2D eigenvalue weighted by Gasteiger charge is 2.36. The van der Waals surface area contributed by atoms with Crippen molar-refractivity contribution in [3.05, 3.63) is 59.8 Å². The Morgan fingerprint density at radius 1 is 1.13 bits per heavy atom. The number of aromatic nitrogens is 1. The molecule has 1 aliphatic rings. The molecule has 0 atom stereocenters. The highest BCUT2D eigenvalue weighted by Crippen LogP contribution is 2.27. The first kappa shape index (κ1) is 20.0.